The van der Waals surface area contributed by atoms with Crippen molar-refractivity contribution in [2.75, 3.05) is 11.4 Å². The maximum absolute atomic E-state index is 13.9. The summed E-state index contributed by atoms with van der Waals surface area (Å²) >= 11 is 0. The molecule has 0 aromatic carbocycles. The lowest BCUT2D eigenvalue weighted by atomic mass is 9.87. The van der Waals surface area contributed by atoms with Crippen molar-refractivity contribution in [2.45, 2.75) is 24.9 Å². The normalized spacial score (nSPS) is 19.7. The number of fused-ring (bicyclic) bond motifs is 3. The second-order valence-corrected chi connectivity index (χ2v) is 6.39. The molecule has 0 radical (unpaired) electrons. The molecule has 0 fully saturated rings. The summed E-state index contributed by atoms with van der Waals surface area (Å²) in [5, 5.41) is 9.84. The Morgan fingerprint density at radius 3 is 2.54 bits per heavy atom. The SMILES string of the molecule is CC1(C(F)(F)F)CN(c2cnnc(C(F)F)c2)c2cnc3c(F)c(F)nn3c21. The van der Waals surface area contributed by atoms with Crippen LogP contribution < -0.4 is 4.90 Å². The van der Waals surface area contributed by atoms with Crippen LogP contribution >= 0.6 is 0 Å². The van der Waals surface area contributed by atoms with Crippen molar-refractivity contribution in [1.82, 2.24) is 24.8 Å². The van der Waals surface area contributed by atoms with Gasteiger partial charge in [-0.1, -0.05) is 0 Å². The molecule has 4 rings (SSSR count). The Bertz CT molecular complexity index is 1080. The number of anilines is 2. The van der Waals surface area contributed by atoms with Crippen LogP contribution in [0, 0.1) is 11.8 Å². The van der Waals surface area contributed by atoms with E-state index in [-0.39, 0.29) is 11.4 Å². The van der Waals surface area contributed by atoms with E-state index in [2.05, 4.69) is 20.3 Å². The Hall–Kier alpha value is -2.99. The van der Waals surface area contributed by atoms with Crippen LogP contribution in [0.15, 0.2) is 18.5 Å². The van der Waals surface area contributed by atoms with E-state index in [1.807, 2.05) is 0 Å². The van der Waals surface area contributed by atoms with Gasteiger partial charge in [-0.3, -0.25) is 0 Å². The van der Waals surface area contributed by atoms with Crippen LogP contribution in [0.2, 0.25) is 0 Å². The first-order chi connectivity index (χ1) is 13.0. The predicted molar refractivity (Wildman–Crippen MR) is 80.3 cm³/mol. The first-order valence-corrected chi connectivity index (χ1v) is 7.73. The standard InChI is InChI=1S/C15H9F7N6/c1-14(15(20,21)22)5-27(6-2-7(11(17)18)25-24-3-6)8-4-23-13-9(16)12(19)26-28(13)10(8)14/h2-4,11H,5H2,1H3. The van der Waals surface area contributed by atoms with E-state index >= 15 is 0 Å². The molecule has 1 unspecified atom stereocenters. The summed E-state index contributed by atoms with van der Waals surface area (Å²) < 4.78 is 95.5. The fourth-order valence-electron chi connectivity index (χ4n) is 3.19. The molecule has 6 nitrogen and oxygen atoms in total. The molecule has 3 aromatic rings. The van der Waals surface area contributed by atoms with Crippen LogP contribution in [0.3, 0.4) is 0 Å². The van der Waals surface area contributed by atoms with Gasteiger partial charge >= 0.3 is 6.18 Å². The second kappa shape index (κ2) is 5.75. The highest BCUT2D eigenvalue weighted by Crippen LogP contribution is 2.51. The first-order valence-electron chi connectivity index (χ1n) is 7.73. The van der Waals surface area contributed by atoms with Gasteiger partial charge in [0, 0.05) is 6.54 Å². The van der Waals surface area contributed by atoms with Crippen molar-refractivity contribution in [3.8, 4) is 0 Å². The van der Waals surface area contributed by atoms with Crippen molar-refractivity contribution in [3.63, 3.8) is 0 Å². The Labute approximate surface area is 151 Å². The Morgan fingerprint density at radius 1 is 1.18 bits per heavy atom. The van der Waals surface area contributed by atoms with Crippen molar-refractivity contribution < 1.29 is 30.7 Å². The molecule has 148 valence electrons. The first kappa shape index (κ1) is 18.4. The minimum absolute atomic E-state index is 0.103. The van der Waals surface area contributed by atoms with E-state index in [9.17, 15) is 30.7 Å². The molecule has 13 heteroatoms. The van der Waals surface area contributed by atoms with E-state index in [1.54, 1.807) is 0 Å². The van der Waals surface area contributed by atoms with Crippen molar-refractivity contribution in [2.24, 2.45) is 0 Å². The molecule has 28 heavy (non-hydrogen) atoms. The number of hydrogen-bond donors (Lipinski definition) is 0. The summed E-state index contributed by atoms with van der Waals surface area (Å²) in [6, 6.07) is 0.887. The van der Waals surface area contributed by atoms with Gasteiger partial charge in [-0.05, 0) is 13.0 Å². The number of rotatable bonds is 2. The molecule has 1 atom stereocenters. The predicted octanol–water partition coefficient (Wildman–Crippen LogP) is 3.71. The highest BCUT2D eigenvalue weighted by molar-refractivity contribution is 5.72. The number of halogens is 7. The molecule has 0 bridgehead atoms. The summed E-state index contributed by atoms with van der Waals surface area (Å²) in [4.78, 5) is 4.68. The van der Waals surface area contributed by atoms with E-state index in [4.69, 9.17) is 0 Å². The lowest BCUT2D eigenvalue weighted by Crippen LogP contribution is -2.43. The van der Waals surface area contributed by atoms with E-state index in [0.717, 1.165) is 30.3 Å². The Morgan fingerprint density at radius 2 is 1.89 bits per heavy atom. The maximum atomic E-state index is 13.9. The molecule has 0 N–H and O–H groups in total. The van der Waals surface area contributed by atoms with Gasteiger partial charge in [0.2, 0.25) is 5.82 Å². The van der Waals surface area contributed by atoms with Crippen LogP contribution in [0.25, 0.3) is 5.65 Å². The van der Waals surface area contributed by atoms with Gasteiger partial charge in [0.25, 0.3) is 12.4 Å². The molecule has 3 aromatic heterocycles. The molecule has 4 heterocycles. The van der Waals surface area contributed by atoms with Gasteiger partial charge in [-0.15, -0.1) is 10.2 Å². The maximum Gasteiger partial charge on any atom is 0.401 e. The third kappa shape index (κ3) is 2.41. The molecule has 0 spiro atoms. The lowest BCUT2D eigenvalue weighted by molar-refractivity contribution is -0.181. The van der Waals surface area contributed by atoms with Crippen LogP contribution in [0.1, 0.15) is 24.7 Å². The molecule has 0 saturated heterocycles. The van der Waals surface area contributed by atoms with E-state index in [1.165, 1.54) is 0 Å². The number of hydrogen-bond acceptors (Lipinski definition) is 5. The minimum atomic E-state index is -4.85. The average Bonchev–Trinajstić information content (AvgIpc) is 3.10. The smallest absolute Gasteiger partial charge is 0.336 e. The number of aromatic nitrogens is 5. The molecule has 1 aliphatic rings. The number of alkyl halides is 5. The van der Waals surface area contributed by atoms with Crippen molar-refractivity contribution >= 4 is 17.0 Å². The fourth-order valence-corrected chi connectivity index (χ4v) is 3.19. The van der Waals surface area contributed by atoms with Crippen LogP contribution in [0.4, 0.5) is 42.1 Å². The van der Waals surface area contributed by atoms with Gasteiger partial charge < -0.3 is 4.90 Å². The monoisotopic (exact) mass is 406 g/mol. The summed E-state index contributed by atoms with van der Waals surface area (Å²) in [5.41, 5.74) is -4.93. The average molecular weight is 406 g/mol. The quantitative estimate of drug-likeness (QED) is 0.608. The molecular weight excluding hydrogens is 397 g/mol. The third-order valence-electron chi connectivity index (χ3n) is 4.64. The zero-order chi connectivity index (χ0) is 20.4. The zero-order valence-electron chi connectivity index (χ0n) is 13.8. The largest absolute Gasteiger partial charge is 0.401 e. The van der Waals surface area contributed by atoms with Crippen LogP contribution in [0.5, 0.6) is 0 Å². The van der Waals surface area contributed by atoms with Crippen LogP contribution in [-0.4, -0.2) is 37.5 Å². The van der Waals surface area contributed by atoms with E-state index in [0.29, 0.717) is 4.52 Å². The minimum Gasteiger partial charge on any atom is -0.336 e. The van der Waals surface area contributed by atoms with Crippen molar-refractivity contribution in [3.05, 3.63) is 41.6 Å². The highest BCUT2D eigenvalue weighted by atomic mass is 19.4. The third-order valence-corrected chi connectivity index (χ3v) is 4.64. The summed E-state index contributed by atoms with van der Waals surface area (Å²) in [6.45, 7) is 0.0650. The van der Waals surface area contributed by atoms with Crippen molar-refractivity contribution in [1.29, 1.82) is 0 Å². The van der Waals surface area contributed by atoms with E-state index < -0.39 is 53.4 Å². The second-order valence-electron chi connectivity index (χ2n) is 6.39. The van der Waals surface area contributed by atoms with Crippen LogP contribution in [-0.2, 0) is 5.41 Å². The Balaban J connectivity index is 1.99. The summed E-state index contributed by atoms with van der Waals surface area (Å²) in [6.07, 6.45) is -5.92. The van der Waals surface area contributed by atoms with Gasteiger partial charge in [0.05, 0.1) is 29.5 Å². The molecular formula is C15H9F7N6. The summed E-state index contributed by atoms with van der Waals surface area (Å²) in [5.74, 6) is -3.09. The molecule has 0 aliphatic carbocycles. The zero-order valence-corrected chi connectivity index (χ0v) is 13.8. The van der Waals surface area contributed by atoms with Gasteiger partial charge in [-0.2, -0.15) is 27.1 Å². The Kier molecular flexibility index (Phi) is 3.78. The fraction of sp³-hybridized carbons (Fsp3) is 0.333. The topological polar surface area (TPSA) is 59.2 Å². The van der Waals surface area contributed by atoms with Gasteiger partial charge in [0.1, 0.15) is 11.1 Å². The van der Waals surface area contributed by atoms with Gasteiger partial charge in [0.15, 0.2) is 5.65 Å². The van der Waals surface area contributed by atoms with Gasteiger partial charge in [-0.25, -0.2) is 18.3 Å². The number of nitrogens with zero attached hydrogens (tertiary/aromatic N) is 6. The summed E-state index contributed by atoms with van der Waals surface area (Å²) in [7, 11) is 0. The molecule has 0 saturated carbocycles. The highest BCUT2D eigenvalue weighted by Gasteiger charge is 2.60. The lowest BCUT2D eigenvalue weighted by Gasteiger charge is -2.28. The molecule has 1 aliphatic heterocycles. The molecule has 0 amide bonds.